The van der Waals surface area contributed by atoms with Gasteiger partial charge in [0.1, 0.15) is 11.5 Å². The molecule has 7 heteroatoms. The maximum Gasteiger partial charge on any atom is 0.291 e. The summed E-state index contributed by atoms with van der Waals surface area (Å²) in [5, 5.41) is 2.63. The van der Waals surface area contributed by atoms with Gasteiger partial charge in [-0.1, -0.05) is 0 Å². The molecule has 0 saturated carbocycles. The molecular formula is C17H19N3O4. The third kappa shape index (κ3) is 3.75. The second-order valence-corrected chi connectivity index (χ2v) is 5.60. The second-order valence-electron chi connectivity index (χ2n) is 5.60. The molecule has 0 unspecified atom stereocenters. The third-order valence-electron chi connectivity index (χ3n) is 3.84. The summed E-state index contributed by atoms with van der Waals surface area (Å²) in [5.74, 6) is -0.0709. The minimum atomic E-state index is -0.472. The number of nitrogens with one attached hydrogen (secondary N) is 1. The lowest BCUT2D eigenvalue weighted by atomic mass is 10.2. The van der Waals surface area contributed by atoms with E-state index in [4.69, 9.17) is 8.83 Å². The molecule has 2 amide bonds. The van der Waals surface area contributed by atoms with Gasteiger partial charge in [-0.3, -0.25) is 9.59 Å². The molecule has 24 heavy (non-hydrogen) atoms. The molecule has 1 saturated heterocycles. The van der Waals surface area contributed by atoms with E-state index in [0.717, 1.165) is 13.1 Å². The number of piperazine rings is 1. The van der Waals surface area contributed by atoms with E-state index in [0.29, 0.717) is 18.8 Å². The molecule has 2 aromatic rings. The van der Waals surface area contributed by atoms with Gasteiger partial charge in [0, 0.05) is 32.3 Å². The van der Waals surface area contributed by atoms with Crippen LogP contribution < -0.4 is 5.32 Å². The van der Waals surface area contributed by atoms with E-state index >= 15 is 0 Å². The lowest BCUT2D eigenvalue weighted by Crippen LogP contribution is -2.49. The van der Waals surface area contributed by atoms with Gasteiger partial charge in [0.25, 0.3) is 11.8 Å². The van der Waals surface area contributed by atoms with Crippen LogP contribution in [0, 0.1) is 0 Å². The summed E-state index contributed by atoms with van der Waals surface area (Å²) in [6.07, 6.45) is 4.45. The van der Waals surface area contributed by atoms with Gasteiger partial charge in [-0.15, -0.1) is 0 Å². The van der Waals surface area contributed by atoms with E-state index in [1.807, 2.05) is 7.05 Å². The Bertz CT molecular complexity index is 711. The van der Waals surface area contributed by atoms with Crippen LogP contribution in [0.25, 0.3) is 6.08 Å². The summed E-state index contributed by atoms with van der Waals surface area (Å²) >= 11 is 0. The highest BCUT2D eigenvalue weighted by atomic mass is 16.3. The second kappa shape index (κ2) is 7.18. The van der Waals surface area contributed by atoms with Crippen LogP contribution >= 0.6 is 0 Å². The number of hydrogen-bond acceptors (Lipinski definition) is 5. The number of amides is 2. The van der Waals surface area contributed by atoms with E-state index < -0.39 is 5.91 Å². The fraction of sp³-hybridized carbons (Fsp3) is 0.294. The molecule has 3 heterocycles. The van der Waals surface area contributed by atoms with Crippen molar-refractivity contribution in [3.63, 3.8) is 0 Å². The average molecular weight is 329 g/mol. The standard InChI is InChI=1S/C17H19N3O4/c1-19-6-8-20(9-7-19)17(22)14(12-13-4-2-10-23-13)18-16(21)15-5-3-11-24-15/h2-5,10-12H,6-9H2,1H3,(H,18,21). The van der Waals surface area contributed by atoms with Crippen LogP contribution in [0.1, 0.15) is 16.3 Å². The van der Waals surface area contributed by atoms with E-state index in [1.54, 1.807) is 29.2 Å². The van der Waals surface area contributed by atoms with Crippen molar-refractivity contribution in [3.05, 3.63) is 54.0 Å². The van der Waals surface area contributed by atoms with Crippen molar-refractivity contribution in [1.82, 2.24) is 15.1 Å². The normalized spacial score (nSPS) is 16.2. The maximum atomic E-state index is 12.8. The SMILES string of the molecule is CN1CCN(C(=O)C(=Cc2ccco2)NC(=O)c2ccco2)CC1. The molecule has 2 aromatic heterocycles. The fourth-order valence-electron chi connectivity index (χ4n) is 2.44. The van der Waals surface area contributed by atoms with E-state index in [1.165, 1.54) is 18.6 Å². The van der Waals surface area contributed by atoms with Gasteiger partial charge in [0.2, 0.25) is 0 Å². The molecule has 7 nitrogen and oxygen atoms in total. The lowest BCUT2D eigenvalue weighted by Gasteiger charge is -2.32. The Morgan fingerprint density at radius 2 is 1.79 bits per heavy atom. The molecule has 1 aliphatic heterocycles. The highest BCUT2D eigenvalue weighted by Crippen LogP contribution is 2.11. The predicted molar refractivity (Wildman–Crippen MR) is 86.9 cm³/mol. The van der Waals surface area contributed by atoms with Gasteiger partial charge in [0.05, 0.1) is 12.5 Å². The molecule has 0 bridgehead atoms. The smallest absolute Gasteiger partial charge is 0.291 e. The van der Waals surface area contributed by atoms with E-state index in [-0.39, 0.29) is 17.4 Å². The van der Waals surface area contributed by atoms with Crippen molar-refractivity contribution in [2.75, 3.05) is 33.2 Å². The number of carbonyl (C=O) groups excluding carboxylic acids is 2. The topological polar surface area (TPSA) is 78.9 Å². The van der Waals surface area contributed by atoms with E-state index in [2.05, 4.69) is 10.2 Å². The van der Waals surface area contributed by atoms with Crippen LogP contribution in [-0.2, 0) is 4.79 Å². The van der Waals surface area contributed by atoms with Crippen LogP contribution in [0.2, 0.25) is 0 Å². The first kappa shape index (κ1) is 16.1. The first-order valence-corrected chi connectivity index (χ1v) is 7.71. The summed E-state index contributed by atoms with van der Waals surface area (Å²) in [7, 11) is 2.01. The van der Waals surface area contributed by atoms with Gasteiger partial charge in [-0.2, -0.15) is 0 Å². The number of carbonyl (C=O) groups is 2. The molecule has 1 aliphatic rings. The van der Waals surface area contributed by atoms with Crippen molar-refractivity contribution in [3.8, 4) is 0 Å². The molecule has 0 atom stereocenters. The van der Waals surface area contributed by atoms with Gasteiger partial charge in [-0.05, 0) is 31.3 Å². The van der Waals surface area contributed by atoms with Crippen molar-refractivity contribution < 1.29 is 18.4 Å². The number of hydrogen-bond donors (Lipinski definition) is 1. The Labute approximate surface area is 139 Å². The highest BCUT2D eigenvalue weighted by Gasteiger charge is 2.24. The van der Waals surface area contributed by atoms with E-state index in [9.17, 15) is 9.59 Å². The summed E-state index contributed by atoms with van der Waals surface area (Å²) in [4.78, 5) is 28.9. The van der Waals surface area contributed by atoms with Gasteiger partial charge < -0.3 is 24.0 Å². The van der Waals surface area contributed by atoms with Crippen LogP contribution in [0.15, 0.2) is 51.3 Å². The zero-order valence-corrected chi connectivity index (χ0v) is 13.4. The zero-order chi connectivity index (χ0) is 16.9. The monoisotopic (exact) mass is 329 g/mol. The maximum absolute atomic E-state index is 12.8. The molecule has 0 aromatic carbocycles. The molecule has 126 valence electrons. The number of furan rings is 2. The number of likely N-dealkylation sites (N-methyl/N-ethyl adjacent to an activating group) is 1. The third-order valence-corrected chi connectivity index (χ3v) is 3.84. The quantitative estimate of drug-likeness (QED) is 0.858. The molecule has 0 radical (unpaired) electrons. The molecule has 0 spiro atoms. The molecule has 1 N–H and O–H groups in total. The lowest BCUT2D eigenvalue weighted by molar-refractivity contribution is -0.128. The van der Waals surface area contributed by atoms with Gasteiger partial charge >= 0.3 is 0 Å². The van der Waals surface area contributed by atoms with Crippen molar-refractivity contribution >= 4 is 17.9 Å². The van der Waals surface area contributed by atoms with Gasteiger partial charge in [-0.25, -0.2) is 0 Å². The summed E-state index contributed by atoms with van der Waals surface area (Å²) in [6, 6.07) is 6.60. The molecule has 1 fully saturated rings. The van der Waals surface area contributed by atoms with Crippen LogP contribution in [0.5, 0.6) is 0 Å². The average Bonchev–Trinajstić information content (AvgIpc) is 3.28. The van der Waals surface area contributed by atoms with Crippen molar-refractivity contribution in [2.24, 2.45) is 0 Å². The summed E-state index contributed by atoms with van der Waals surface area (Å²) in [6.45, 7) is 2.82. The Morgan fingerprint density at radius 1 is 1.08 bits per heavy atom. The summed E-state index contributed by atoms with van der Waals surface area (Å²) < 4.78 is 10.3. The first-order valence-electron chi connectivity index (χ1n) is 7.71. The number of nitrogens with zero attached hydrogens (tertiary/aromatic N) is 2. The van der Waals surface area contributed by atoms with Crippen LogP contribution in [0.4, 0.5) is 0 Å². The molecule has 0 aliphatic carbocycles. The predicted octanol–water partition coefficient (Wildman–Crippen LogP) is 1.42. The molecule has 3 rings (SSSR count). The minimum Gasteiger partial charge on any atom is -0.465 e. The highest BCUT2D eigenvalue weighted by molar-refractivity contribution is 6.04. The minimum absolute atomic E-state index is 0.145. The largest absolute Gasteiger partial charge is 0.465 e. The van der Waals surface area contributed by atoms with Crippen molar-refractivity contribution in [2.45, 2.75) is 0 Å². The molecular weight excluding hydrogens is 310 g/mol. The Kier molecular flexibility index (Phi) is 4.81. The Hall–Kier alpha value is -2.80. The summed E-state index contributed by atoms with van der Waals surface area (Å²) in [5.41, 5.74) is 0.163. The van der Waals surface area contributed by atoms with Gasteiger partial charge in [0.15, 0.2) is 5.76 Å². The first-order chi connectivity index (χ1) is 11.6. The Balaban J connectivity index is 1.79. The zero-order valence-electron chi connectivity index (χ0n) is 13.4. The Morgan fingerprint density at radius 3 is 2.42 bits per heavy atom. The van der Waals surface area contributed by atoms with Crippen molar-refractivity contribution in [1.29, 1.82) is 0 Å². The number of rotatable bonds is 4. The fourth-order valence-corrected chi connectivity index (χ4v) is 2.44. The van der Waals surface area contributed by atoms with Crippen LogP contribution in [0.3, 0.4) is 0 Å². The van der Waals surface area contributed by atoms with Crippen LogP contribution in [-0.4, -0.2) is 54.8 Å².